The standard InChI is InChI=1S/C14H17FO2/c1-8-4-9(6-10(15)5-8)14(16)12-7-11-2-3-13(12)17-11/h4-6,11-14,16H,2-3,7H2,1H3. The van der Waals surface area contributed by atoms with E-state index in [0.29, 0.717) is 11.7 Å². The highest BCUT2D eigenvalue weighted by atomic mass is 19.1. The lowest BCUT2D eigenvalue weighted by molar-refractivity contribution is 0.0421. The van der Waals surface area contributed by atoms with Gasteiger partial charge in [0.25, 0.3) is 0 Å². The smallest absolute Gasteiger partial charge is 0.123 e. The second-order valence-corrected chi connectivity index (χ2v) is 5.28. The molecule has 2 bridgehead atoms. The largest absolute Gasteiger partial charge is 0.388 e. The van der Waals surface area contributed by atoms with Crippen LogP contribution in [0.5, 0.6) is 0 Å². The zero-order valence-corrected chi connectivity index (χ0v) is 9.90. The van der Waals surface area contributed by atoms with Gasteiger partial charge in [-0.15, -0.1) is 0 Å². The Balaban J connectivity index is 1.83. The first-order valence-corrected chi connectivity index (χ1v) is 6.24. The van der Waals surface area contributed by atoms with Crippen LogP contribution in [0.25, 0.3) is 0 Å². The first-order chi connectivity index (χ1) is 8.13. The number of aliphatic hydroxyl groups excluding tert-OH is 1. The van der Waals surface area contributed by atoms with Gasteiger partial charge in [0.05, 0.1) is 18.3 Å². The molecule has 4 unspecified atom stereocenters. The molecular weight excluding hydrogens is 219 g/mol. The normalized spacial score (nSPS) is 33.0. The molecule has 1 aromatic rings. The van der Waals surface area contributed by atoms with Crippen molar-refractivity contribution in [3.8, 4) is 0 Å². The molecule has 92 valence electrons. The Morgan fingerprint density at radius 3 is 2.76 bits per heavy atom. The van der Waals surface area contributed by atoms with Crippen molar-refractivity contribution in [1.29, 1.82) is 0 Å². The van der Waals surface area contributed by atoms with Crippen molar-refractivity contribution in [3.63, 3.8) is 0 Å². The summed E-state index contributed by atoms with van der Waals surface area (Å²) in [7, 11) is 0. The van der Waals surface area contributed by atoms with E-state index in [0.717, 1.165) is 24.8 Å². The predicted octanol–water partition coefficient (Wildman–Crippen LogP) is 2.74. The molecule has 2 aliphatic heterocycles. The number of rotatable bonds is 2. The van der Waals surface area contributed by atoms with Crippen LogP contribution in [0.1, 0.15) is 36.5 Å². The third-order valence-electron chi connectivity index (χ3n) is 3.96. The van der Waals surface area contributed by atoms with Crippen molar-refractivity contribution in [2.24, 2.45) is 5.92 Å². The number of fused-ring (bicyclic) bond motifs is 2. The van der Waals surface area contributed by atoms with Crippen LogP contribution in [-0.4, -0.2) is 17.3 Å². The number of hydrogen-bond donors (Lipinski definition) is 1. The molecule has 0 spiro atoms. The minimum absolute atomic E-state index is 0.134. The lowest BCUT2D eigenvalue weighted by Gasteiger charge is -2.24. The molecule has 2 heterocycles. The van der Waals surface area contributed by atoms with Gasteiger partial charge in [-0.1, -0.05) is 6.07 Å². The van der Waals surface area contributed by atoms with E-state index < -0.39 is 6.10 Å². The molecule has 2 saturated heterocycles. The molecule has 17 heavy (non-hydrogen) atoms. The van der Waals surface area contributed by atoms with E-state index in [9.17, 15) is 9.50 Å². The van der Waals surface area contributed by atoms with Gasteiger partial charge in [0.2, 0.25) is 0 Å². The van der Waals surface area contributed by atoms with Gasteiger partial charge in [0.1, 0.15) is 5.82 Å². The predicted molar refractivity (Wildman–Crippen MR) is 62.1 cm³/mol. The highest BCUT2D eigenvalue weighted by molar-refractivity contribution is 5.26. The van der Waals surface area contributed by atoms with E-state index in [4.69, 9.17) is 4.74 Å². The molecule has 0 aliphatic carbocycles. The average molecular weight is 236 g/mol. The zero-order valence-electron chi connectivity index (χ0n) is 9.90. The minimum Gasteiger partial charge on any atom is -0.388 e. The molecular formula is C14H17FO2. The molecule has 2 nitrogen and oxygen atoms in total. The molecule has 1 N–H and O–H groups in total. The highest BCUT2D eigenvalue weighted by Gasteiger charge is 2.44. The van der Waals surface area contributed by atoms with Gasteiger partial charge in [-0.05, 0) is 49.4 Å². The van der Waals surface area contributed by atoms with Crippen molar-refractivity contribution in [2.75, 3.05) is 0 Å². The fraction of sp³-hybridized carbons (Fsp3) is 0.571. The van der Waals surface area contributed by atoms with Crippen LogP contribution >= 0.6 is 0 Å². The number of hydrogen-bond acceptors (Lipinski definition) is 2. The summed E-state index contributed by atoms with van der Waals surface area (Å²) in [4.78, 5) is 0. The van der Waals surface area contributed by atoms with Gasteiger partial charge in [-0.25, -0.2) is 4.39 Å². The first-order valence-electron chi connectivity index (χ1n) is 6.24. The Hall–Kier alpha value is -0.930. The van der Waals surface area contributed by atoms with Crippen LogP contribution in [0, 0.1) is 18.7 Å². The van der Waals surface area contributed by atoms with Crippen LogP contribution in [-0.2, 0) is 4.74 Å². The fourth-order valence-electron chi connectivity index (χ4n) is 3.19. The maximum Gasteiger partial charge on any atom is 0.123 e. The number of benzene rings is 1. The molecule has 3 heteroatoms. The number of aliphatic hydroxyl groups is 1. The maximum absolute atomic E-state index is 13.3. The van der Waals surface area contributed by atoms with Gasteiger partial charge in [0, 0.05) is 5.92 Å². The van der Waals surface area contributed by atoms with Gasteiger partial charge in [0.15, 0.2) is 0 Å². The van der Waals surface area contributed by atoms with Crippen LogP contribution in [0.4, 0.5) is 4.39 Å². The minimum atomic E-state index is -0.598. The number of aryl methyl sites for hydroxylation is 1. The molecule has 3 rings (SSSR count). The first kappa shape index (κ1) is 11.2. The average Bonchev–Trinajstić information content (AvgIpc) is 2.88. The molecule has 0 aromatic heterocycles. The Bertz CT molecular complexity index is 412. The summed E-state index contributed by atoms with van der Waals surface area (Å²) < 4.78 is 19.1. The Morgan fingerprint density at radius 2 is 2.18 bits per heavy atom. The monoisotopic (exact) mass is 236 g/mol. The van der Waals surface area contributed by atoms with Crippen LogP contribution in [0.2, 0.25) is 0 Å². The number of halogens is 1. The number of ether oxygens (including phenoxy) is 1. The Kier molecular flexibility index (Phi) is 2.68. The molecule has 0 saturated carbocycles. The van der Waals surface area contributed by atoms with Crippen molar-refractivity contribution >= 4 is 0 Å². The second kappa shape index (κ2) is 4.07. The van der Waals surface area contributed by atoms with Gasteiger partial charge >= 0.3 is 0 Å². The van der Waals surface area contributed by atoms with Crippen molar-refractivity contribution < 1.29 is 14.2 Å². The van der Waals surface area contributed by atoms with E-state index in [-0.39, 0.29) is 17.8 Å². The third kappa shape index (κ3) is 1.98. The summed E-state index contributed by atoms with van der Waals surface area (Å²) in [5, 5.41) is 10.3. The van der Waals surface area contributed by atoms with E-state index in [1.54, 1.807) is 0 Å². The Morgan fingerprint density at radius 1 is 1.35 bits per heavy atom. The maximum atomic E-state index is 13.3. The van der Waals surface area contributed by atoms with Crippen LogP contribution in [0.15, 0.2) is 18.2 Å². The van der Waals surface area contributed by atoms with Crippen LogP contribution in [0.3, 0.4) is 0 Å². The SMILES string of the molecule is Cc1cc(F)cc(C(O)C2CC3CCC2O3)c1. The summed E-state index contributed by atoms with van der Waals surface area (Å²) in [6, 6.07) is 4.77. The summed E-state index contributed by atoms with van der Waals surface area (Å²) in [5.41, 5.74) is 1.53. The molecule has 1 aromatic carbocycles. The quantitative estimate of drug-likeness (QED) is 0.855. The molecule has 0 radical (unpaired) electrons. The molecule has 2 aliphatic rings. The van der Waals surface area contributed by atoms with E-state index in [2.05, 4.69) is 0 Å². The lowest BCUT2D eigenvalue weighted by atomic mass is 9.82. The van der Waals surface area contributed by atoms with E-state index >= 15 is 0 Å². The Labute approximate surface area is 100 Å². The third-order valence-corrected chi connectivity index (χ3v) is 3.96. The molecule has 2 fully saturated rings. The van der Waals surface area contributed by atoms with Gasteiger partial charge < -0.3 is 9.84 Å². The van der Waals surface area contributed by atoms with E-state index in [1.165, 1.54) is 12.1 Å². The van der Waals surface area contributed by atoms with Crippen molar-refractivity contribution in [3.05, 3.63) is 35.1 Å². The fourth-order valence-corrected chi connectivity index (χ4v) is 3.19. The van der Waals surface area contributed by atoms with Gasteiger partial charge in [-0.2, -0.15) is 0 Å². The highest BCUT2D eigenvalue weighted by Crippen LogP contribution is 2.44. The van der Waals surface area contributed by atoms with E-state index in [1.807, 2.05) is 13.0 Å². The molecule has 0 amide bonds. The summed E-state index contributed by atoms with van der Waals surface area (Å²) in [6.07, 6.45) is 2.92. The second-order valence-electron chi connectivity index (χ2n) is 5.28. The lowest BCUT2D eigenvalue weighted by Crippen LogP contribution is -2.23. The summed E-state index contributed by atoms with van der Waals surface area (Å²) in [5.74, 6) is -0.141. The zero-order chi connectivity index (χ0) is 12.0. The topological polar surface area (TPSA) is 29.5 Å². The van der Waals surface area contributed by atoms with Crippen LogP contribution < -0.4 is 0 Å². The molecule has 4 atom stereocenters. The van der Waals surface area contributed by atoms with Crippen molar-refractivity contribution in [1.82, 2.24) is 0 Å². The van der Waals surface area contributed by atoms with Crippen molar-refractivity contribution in [2.45, 2.75) is 44.5 Å². The summed E-state index contributed by atoms with van der Waals surface area (Å²) in [6.45, 7) is 1.84. The van der Waals surface area contributed by atoms with Gasteiger partial charge in [-0.3, -0.25) is 0 Å². The summed E-state index contributed by atoms with van der Waals surface area (Å²) >= 11 is 0.